The van der Waals surface area contributed by atoms with Gasteiger partial charge < -0.3 is 15.4 Å². The van der Waals surface area contributed by atoms with Crippen molar-refractivity contribution in [3.05, 3.63) is 90.0 Å². The fourth-order valence-corrected chi connectivity index (χ4v) is 4.00. The van der Waals surface area contributed by atoms with Gasteiger partial charge in [-0.05, 0) is 48.2 Å². The lowest BCUT2D eigenvalue weighted by Crippen LogP contribution is -2.22. The van der Waals surface area contributed by atoms with Crippen molar-refractivity contribution < 1.29 is 19.1 Å². The van der Waals surface area contributed by atoms with Crippen LogP contribution in [0, 0.1) is 5.92 Å². The highest BCUT2D eigenvalue weighted by molar-refractivity contribution is 5.98. The summed E-state index contributed by atoms with van der Waals surface area (Å²) in [5, 5.41) is 8.52. The van der Waals surface area contributed by atoms with E-state index in [0.717, 1.165) is 42.5 Å². The quantitative estimate of drug-likeness (QED) is 0.255. The number of nitrogens with one attached hydrogen (secondary N) is 3. The van der Waals surface area contributed by atoms with Gasteiger partial charge in [0.15, 0.2) is 0 Å². The van der Waals surface area contributed by atoms with Gasteiger partial charge >= 0.3 is 6.09 Å². The van der Waals surface area contributed by atoms with E-state index in [4.69, 9.17) is 4.74 Å². The molecule has 0 atom stereocenters. The van der Waals surface area contributed by atoms with Crippen molar-refractivity contribution in [1.29, 1.82) is 0 Å². The molecule has 0 saturated heterocycles. The minimum atomic E-state index is -0.608. The van der Waals surface area contributed by atoms with E-state index in [2.05, 4.69) is 29.8 Å². The summed E-state index contributed by atoms with van der Waals surface area (Å²) < 4.78 is 5.28. The molecule has 0 bridgehead atoms. The lowest BCUT2D eigenvalue weighted by atomic mass is 9.97. The first-order valence-corrected chi connectivity index (χ1v) is 12.7. The number of ether oxygens (including phenoxy) is 1. The molecule has 3 amide bonds. The Morgan fingerprint density at radius 2 is 1.30 bits per heavy atom. The van der Waals surface area contributed by atoms with Gasteiger partial charge in [-0.3, -0.25) is 14.9 Å². The van der Waals surface area contributed by atoms with Crippen LogP contribution in [0.3, 0.4) is 0 Å². The molecule has 0 saturated carbocycles. The molecule has 0 aliphatic rings. The molecular formula is C30H35N3O4. The second kappa shape index (κ2) is 14.4. The molecule has 0 heterocycles. The predicted octanol–water partition coefficient (Wildman–Crippen LogP) is 6.77. The summed E-state index contributed by atoms with van der Waals surface area (Å²) >= 11 is 0. The van der Waals surface area contributed by atoms with Gasteiger partial charge in [0.1, 0.15) is 6.61 Å². The van der Waals surface area contributed by atoms with Gasteiger partial charge in [-0.2, -0.15) is 0 Å². The molecule has 194 valence electrons. The third kappa shape index (κ3) is 9.11. The molecule has 0 spiro atoms. The summed E-state index contributed by atoms with van der Waals surface area (Å²) in [4.78, 5) is 37.5. The second-order valence-electron chi connectivity index (χ2n) is 8.92. The lowest BCUT2D eigenvalue weighted by Gasteiger charge is -2.15. The van der Waals surface area contributed by atoms with E-state index < -0.39 is 6.09 Å². The molecule has 7 nitrogen and oxygen atoms in total. The zero-order chi connectivity index (χ0) is 26.5. The minimum Gasteiger partial charge on any atom is -0.444 e. The normalized spacial score (nSPS) is 10.6. The molecule has 0 aromatic heterocycles. The van der Waals surface area contributed by atoms with Crippen LogP contribution < -0.4 is 16.0 Å². The average Bonchev–Trinajstić information content (AvgIpc) is 2.90. The Morgan fingerprint density at radius 1 is 0.703 bits per heavy atom. The maximum absolute atomic E-state index is 12.7. The van der Waals surface area contributed by atoms with Crippen LogP contribution in [0.25, 0.3) is 0 Å². The van der Waals surface area contributed by atoms with Crippen molar-refractivity contribution in [3.8, 4) is 0 Å². The standard InChI is InChI=1S/C30H35N3O4/c1-3-10-24(11-4-2)29(35)31-25-18-16-22(17-19-25)20-28(34)32-26-14-8-9-15-27(26)33-30(36)37-21-23-12-6-5-7-13-23/h5-9,12-19,24H,3-4,10-11,20-21H2,1-2H3,(H,31,35)(H,32,34)(H,33,36). The number of hydrogen-bond donors (Lipinski definition) is 3. The van der Waals surface area contributed by atoms with Crippen molar-refractivity contribution in [1.82, 2.24) is 0 Å². The lowest BCUT2D eigenvalue weighted by molar-refractivity contribution is -0.120. The molecule has 3 rings (SSSR count). The molecule has 37 heavy (non-hydrogen) atoms. The van der Waals surface area contributed by atoms with E-state index >= 15 is 0 Å². The Hall–Kier alpha value is -4.13. The van der Waals surface area contributed by atoms with Crippen LogP contribution in [0.1, 0.15) is 50.7 Å². The third-order valence-electron chi connectivity index (χ3n) is 5.88. The first-order valence-electron chi connectivity index (χ1n) is 12.7. The molecule has 0 aliphatic carbocycles. The number of amides is 3. The number of para-hydroxylation sites is 2. The van der Waals surface area contributed by atoms with E-state index in [1.165, 1.54) is 0 Å². The SMILES string of the molecule is CCCC(CCC)C(=O)Nc1ccc(CC(=O)Nc2ccccc2NC(=O)OCc2ccccc2)cc1. The molecule has 0 radical (unpaired) electrons. The van der Waals surface area contributed by atoms with Crippen molar-refractivity contribution in [2.75, 3.05) is 16.0 Å². The summed E-state index contributed by atoms with van der Waals surface area (Å²) in [5.74, 6) is -0.167. The van der Waals surface area contributed by atoms with Crippen molar-refractivity contribution >= 4 is 35.0 Å². The van der Waals surface area contributed by atoms with E-state index in [0.29, 0.717) is 11.4 Å². The molecule has 7 heteroatoms. The van der Waals surface area contributed by atoms with Crippen LogP contribution in [0.15, 0.2) is 78.9 Å². The maximum atomic E-state index is 12.7. The summed E-state index contributed by atoms with van der Waals surface area (Å²) in [6.07, 6.45) is 3.23. The average molecular weight is 502 g/mol. The van der Waals surface area contributed by atoms with E-state index in [9.17, 15) is 14.4 Å². The molecule has 0 fully saturated rings. The Bertz CT molecular complexity index is 1160. The molecule has 0 unspecified atom stereocenters. The summed E-state index contributed by atoms with van der Waals surface area (Å²) in [6, 6.07) is 23.6. The summed E-state index contributed by atoms with van der Waals surface area (Å²) in [5.41, 5.74) is 3.33. The van der Waals surface area contributed by atoms with Crippen LogP contribution in [0.2, 0.25) is 0 Å². The highest BCUT2D eigenvalue weighted by Gasteiger charge is 2.17. The molecule has 3 aromatic carbocycles. The third-order valence-corrected chi connectivity index (χ3v) is 5.88. The number of benzene rings is 3. The minimum absolute atomic E-state index is 0.0183. The van der Waals surface area contributed by atoms with Crippen LogP contribution in [0.4, 0.5) is 21.9 Å². The Morgan fingerprint density at radius 3 is 1.92 bits per heavy atom. The number of carbonyl (C=O) groups excluding carboxylic acids is 3. The van der Waals surface area contributed by atoms with Crippen molar-refractivity contribution in [2.24, 2.45) is 5.92 Å². The number of anilines is 3. The zero-order valence-corrected chi connectivity index (χ0v) is 21.5. The van der Waals surface area contributed by atoms with Crippen molar-refractivity contribution in [3.63, 3.8) is 0 Å². The summed E-state index contributed by atoms with van der Waals surface area (Å²) in [7, 11) is 0. The van der Waals surface area contributed by atoms with Gasteiger partial charge in [-0.1, -0.05) is 81.3 Å². The van der Waals surface area contributed by atoms with E-state index in [1.54, 1.807) is 24.3 Å². The molecule has 3 N–H and O–H groups in total. The van der Waals surface area contributed by atoms with Gasteiger partial charge in [-0.25, -0.2) is 4.79 Å². The number of hydrogen-bond acceptors (Lipinski definition) is 4. The van der Waals surface area contributed by atoms with Gasteiger partial charge in [0.2, 0.25) is 11.8 Å². The van der Waals surface area contributed by atoms with Gasteiger partial charge in [-0.15, -0.1) is 0 Å². The number of rotatable bonds is 12. The Kier molecular flexibility index (Phi) is 10.7. The van der Waals surface area contributed by atoms with Crippen LogP contribution in [-0.4, -0.2) is 17.9 Å². The van der Waals surface area contributed by atoms with Crippen LogP contribution >= 0.6 is 0 Å². The summed E-state index contributed by atoms with van der Waals surface area (Å²) in [6.45, 7) is 4.32. The topological polar surface area (TPSA) is 96.5 Å². The first kappa shape index (κ1) is 27.5. The van der Waals surface area contributed by atoms with E-state index in [1.807, 2.05) is 54.6 Å². The van der Waals surface area contributed by atoms with Gasteiger partial charge in [0.05, 0.1) is 17.8 Å². The molecular weight excluding hydrogens is 466 g/mol. The number of carbonyl (C=O) groups is 3. The molecule has 0 aliphatic heterocycles. The zero-order valence-electron chi connectivity index (χ0n) is 21.5. The van der Waals surface area contributed by atoms with Crippen molar-refractivity contribution in [2.45, 2.75) is 52.6 Å². The smallest absolute Gasteiger partial charge is 0.412 e. The van der Waals surface area contributed by atoms with Gasteiger partial charge in [0.25, 0.3) is 0 Å². The highest BCUT2D eigenvalue weighted by Crippen LogP contribution is 2.22. The largest absolute Gasteiger partial charge is 0.444 e. The first-order chi connectivity index (χ1) is 18.0. The van der Waals surface area contributed by atoms with Crippen LogP contribution in [-0.2, 0) is 27.4 Å². The van der Waals surface area contributed by atoms with Gasteiger partial charge in [0, 0.05) is 11.6 Å². The monoisotopic (exact) mass is 501 g/mol. The molecule has 3 aromatic rings. The highest BCUT2D eigenvalue weighted by atomic mass is 16.5. The Labute approximate surface area is 218 Å². The Balaban J connectivity index is 1.53. The fourth-order valence-electron chi connectivity index (χ4n) is 4.00. The van der Waals surface area contributed by atoms with E-state index in [-0.39, 0.29) is 30.8 Å². The maximum Gasteiger partial charge on any atom is 0.412 e. The predicted molar refractivity (Wildman–Crippen MR) is 147 cm³/mol. The fraction of sp³-hybridized carbons (Fsp3) is 0.300. The van der Waals surface area contributed by atoms with Crippen LogP contribution in [0.5, 0.6) is 0 Å². The second-order valence-corrected chi connectivity index (χ2v) is 8.92.